The zero-order valence-electron chi connectivity index (χ0n) is 10.7. The molecule has 1 N–H and O–H groups in total. The minimum absolute atomic E-state index is 0.0351. The maximum Gasteiger partial charge on any atom is 0.218 e. The van der Waals surface area contributed by atoms with Crippen molar-refractivity contribution in [2.24, 2.45) is 0 Å². The first-order chi connectivity index (χ1) is 7.37. The average Bonchev–Trinajstić information content (AvgIpc) is 2.21. The highest BCUT2D eigenvalue weighted by atomic mass is 32.2. The predicted molar refractivity (Wildman–Crippen MR) is 69.0 cm³/mol. The van der Waals surface area contributed by atoms with Gasteiger partial charge in [-0.15, -0.1) is 6.58 Å². The summed E-state index contributed by atoms with van der Waals surface area (Å²) in [5, 5.41) is 2.65. The van der Waals surface area contributed by atoms with E-state index in [4.69, 9.17) is 0 Å². The standard InChI is InChI=1S/C11H24N2O2S/c1-6-8-13(10(3)4)16(14,15)11(5)9-12-7-2/h6,10-12H,1,7-9H2,2-5H3. The van der Waals surface area contributed by atoms with E-state index in [1.165, 1.54) is 4.31 Å². The second-order valence-electron chi connectivity index (χ2n) is 4.12. The van der Waals surface area contributed by atoms with Gasteiger partial charge in [-0.05, 0) is 27.3 Å². The van der Waals surface area contributed by atoms with Crippen molar-refractivity contribution in [1.82, 2.24) is 9.62 Å². The largest absolute Gasteiger partial charge is 0.316 e. The molecule has 0 fully saturated rings. The van der Waals surface area contributed by atoms with E-state index in [1.807, 2.05) is 20.8 Å². The fourth-order valence-corrected chi connectivity index (χ4v) is 3.11. The van der Waals surface area contributed by atoms with E-state index in [9.17, 15) is 8.42 Å². The highest BCUT2D eigenvalue weighted by molar-refractivity contribution is 7.89. The summed E-state index contributed by atoms with van der Waals surface area (Å²) in [7, 11) is -3.24. The minimum atomic E-state index is -3.24. The summed E-state index contributed by atoms with van der Waals surface area (Å²) in [5.74, 6) is 0. The molecule has 0 saturated heterocycles. The van der Waals surface area contributed by atoms with E-state index >= 15 is 0 Å². The summed E-state index contributed by atoms with van der Waals surface area (Å²) in [5.41, 5.74) is 0. The van der Waals surface area contributed by atoms with Crippen molar-refractivity contribution >= 4 is 10.0 Å². The first-order valence-electron chi connectivity index (χ1n) is 5.70. The van der Waals surface area contributed by atoms with E-state index in [0.29, 0.717) is 13.1 Å². The number of nitrogens with zero attached hydrogens (tertiary/aromatic N) is 1. The molecule has 0 heterocycles. The minimum Gasteiger partial charge on any atom is -0.316 e. The molecule has 0 bridgehead atoms. The number of hydrogen-bond donors (Lipinski definition) is 1. The first-order valence-corrected chi connectivity index (χ1v) is 7.20. The summed E-state index contributed by atoms with van der Waals surface area (Å²) in [6.45, 7) is 12.7. The molecule has 0 aliphatic rings. The van der Waals surface area contributed by atoms with Crippen LogP contribution in [0.15, 0.2) is 12.7 Å². The van der Waals surface area contributed by atoms with Crippen LogP contribution in [0.5, 0.6) is 0 Å². The van der Waals surface area contributed by atoms with E-state index in [0.717, 1.165) is 6.54 Å². The van der Waals surface area contributed by atoms with Crippen LogP contribution in [-0.4, -0.2) is 43.6 Å². The Morgan fingerprint density at radius 1 is 1.38 bits per heavy atom. The van der Waals surface area contributed by atoms with Gasteiger partial charge in [-0.3, -0.25) is 0 Å². The lowest BCUT2D eigenvalue weighted by atomic mass is 10.4. The van der Waals surface area contributed by atoms with E-state index in [1.54, 1.807) is 13.0 Å². The highest BCUT2D eigenvalue weighted by Gasteiger charge is 2.29. The molecule has 16 heavy (non-hydrogen) atoms. The fraction of sp³-hybridized carbons (Fsp3) is 0.818. The van der Waals surface area contributed by atoms with Crippen LogP contribution in [0.4, 0.5) is 0 Å². The summed E-state index contributed by atoms with van der Waals surface area (Å²) >= 11 is 0. The van der Waals surface area contributed by atoms with E-state index in [2.05, 4.69) is 11.9 Å². The van der Waals surface area contributed by atoms with Crippen LogP contribution in [0.2, 0.25) is 0 Å². The zero-order chi connectivity index (χ0) is 12.8. The van der Waals surface area contributed by atoms with Gasteiger partial charge in [-0.1, -0.05) is 13.0 Å². The molecule has 0 aromatic rings. The Morgan fingerprint density at radius 3 is 2.31 bits per heavy atom. The lowest BCUT2D eigenvalue weighted by Crippen LogP contribution is -2.45. The lowest BCUT2D eigenvalue weighted by Gasteiger charge is -2.28. The molecule has 1 unspecified atom stereocenters. The van der Waals surface area contributed by atoms with E-state index in [-0.39, 0.29) is 6.04 Å². The first kappa shape index (κ1) is 15.6. The van der Waals surface area contributed by atoms with Gasteiger partial charge in [-0.25, -0.2) is 8.42 Å². The summed E-state index contributed by atoms with van der Waals surface area (Å²) in [6.07, 6.45) is 1.62. The Kier molecular flexibility index (Phi) is 6.87. The highest BCUT2D eigenvalue weighted by Crippen LogP contribution is 2.12. The molecule has 0 amide bonds. The molecule has 0 radical (unpaired) electrons. The SMILES string of the molecule is C=CCN(C(C)C)S(=O)(=O)C(C)CNCC. The van der Waals surface area contributed by atoms with Crippen molar-refractivity contribution in [3.8, 4) is 0 Å². The number of nitrogens with one attached hydrogen (secondary N) is 1. The van der Waals surface area contributed by atoms with Gasteiger partial charge in [0.1, 0.15) is 0 Å². The quantitative estimate of drug-likeness (QED) is 0.657. The van der Waals surface area contributed by atoms with Crippen LogP contribution in [0, 0.1) is 0 Å². The third kappa shape index (κ3) is 4.23. The number of rotatable bonds is 8. The number of sulfonamides is 1. The van der Waals surface area contributed by atoms with Crippen LogP contribution in [0.3, 0.4) is 0 Å². The maximum absolute atomic E-state index is 12.2. The van der Waals surface area contributed by atoms with Crippen LogP contribution >= 0.6 is 0 Å². The summed E-state index contributed by atoms with van der Waals surface area (Å²) in [6, 6.07) is -0.0351. The molecular weight excluding hydrogens is 224 g/mol. The zero-order valence-corrected chi connectivity index (χ0v) is 11.5. The van der Waals surface area contributed by atoms with Crippen molar-refractivity contribution in [3.05, 3.63) is 12.7 Å². The molecule has 0 aromatic carbocycles. The van der Waals surface area contributed by atoms with Gasteiger partial charge in [0.25, 0.3) is 0 Å². The van der Waals surface area contributed by atoms with Gasteiger partial charge in [0, 0.05) is 19.1 Å². The Morgan fingerprint density at radius 2 is 1.94 bits per heavy atom. The normalized spacial score (nSPS) is 14.4. The van der Waals surface area contributed by atoms with Gasteiger partial charge in [0.15, 0.2) is 0 Å². The Hall–Kier alpha value is -0.390. The Labute approximate surface area is 99.8 Å². The molecule has 96 valence electrons. The van der Waals surface area contributed by atoms with Gasteiger partial charge >= 0.3 is 0 Å². The van der Waals surface area contributed by atoms with Gasteiger partial charge in [-0.2, -0.15) is 4.31 Å². The third-order valence-electron chi connectivity index (χ3n) is 2.40. The number of hydrogen-bond acceptors (Lipinski definition) is 3. The van der Waals surface area contributed by atoms with Gasteiger partial charge in [0.05, 0.1) is 5.25 Å². The van der Waals surface area contributed by atoms with E-state index < -0.39 is 15.3 Å². The van der Waals surface area contributed by atoms with Crippen molar-refractivity contribution in [3.63, 3.8) is 0 Å². The lowest BCUT2D eigenvalue weighted by molar-refractivity contribution is 0.376. The fourth-order valence-electron chi connectivity index (χ4n) is 1.42. The van der Waals surface area contributed by atoms with Gasteiger partial charge in [0.2, 0.25) is 10.0 Å². The molecular formula is C11H24N2O2S. The topological polar surface area (TPSA) is 49.4 Å². The molecule has 0 saturated carbocycles. The summed E-state index contributed by atoms with van der Waals surface area (Å²) in [4.78, 5) is 0. The molecule has 0 rings (SSSR count). The second kappa shape index (κ2) is 7.04. The van der Waals surface area contributed by atoms with Crippen LogP contribution in [0.1, 0.15) is 27.7 Å². The monoisotopic (exact) mass is 248 g/mol. The summed E-state index contributed by atoms with van der Waals surface area (Å²) < 4.78 is 25.9. The molecule has 0 spiro atoms. The average molecular weight is 248 g/mol. The van der Waals surface area contributed by atoms with Crippen molar-refractivity contribution in [2.75, 3.05) is 19.6 Å². The van der Waals surface area contributed by atoms with Crippen molar-refractivity contribution in [2.45, 2.75) is 39.0 Å². The van der Waals surface area contributed by atoms with Crippen LogP contribution in [-0.2, 0) is 10.0 Å². The molecule has 5 heteroatoms. The molecule has 0 aliphatic heterocycles. The molecule has 0 aliphatic carbocycles. The predicted octanol–water partition coefficient (Wildman–Crippen LogP) is 1.21. The Balaban J connectivity index is 4.76. The second-order valence-corrected chi connectivity index (χ2v) is 6.42. The maximum atomic E-state index is 12.2. The Bertz CT molecular complexity index is 299. The van der Waals surface area contributed by atoms with Crippen molar-refractivity contribution < 1.29 is 8.42 Å². The molecule has 0 aromatic heterocycles. The smallest absolute Gasteiger partial charge is 0.218 e. The van der Waals surface area contributed by atoms with Crippen LogP contribution < -0.4 is 5.32 Å². The third-order valence-corrected chi connectivity index (χ3v) is 4.81. The molecule has 4 nitrogen and oxygen atoms in total. The van der Waals surface area contributed by atoms with Crippen LogP contribution in [0.25, 0.3) is 0 Å². The van der Waals surface area contributed by atoms with Crippen molar-refractivity contribution in [1.29, 1.82) is 0 Å². The molecule has 1 atom stereocenters. The van der Waals surface area contributed by atoms with Gasteiger partial charge < -0.3 is 5.32 Å².